The van der Waals surface area contributed by atoms with E-state index in [1.54, 1.807) is 6.92 Å². The van der Waals surface area contributed by atoms with E-state index in [9.17, 15) is 0 Å². The van der Waals surface area contributed by atoms with Crippen LogP contribution in [0.4, 0.5) is 0 Å². The normalized spacial score (nSPS) is 17.3. The predicted octanol–water partition coefficient (Wildman–Crippen LogP) is 0.544. The Morgan fingerprint density at radius 3 is 2.65 bits per heavy atom. The van der Waals surface area contributed by atoms with Gasteiger partial charge in [0.2, 0.25) is 5.89 Å². The van der Waals surface area contributed by atoms with Crippen LogP contribution in [0.5, 0.6) is 0 Å². The molecule has 1 aromatic heterocycles. The number of aliphatic imine (C=N–C) groups is 1. The van der Waals surface area contributed by atoms with Crippen LogP contribution in [-0.2, 0) is 11.3 Å². The van der Waals surface area contributed by atoms with Crippen LogP contribution in [0, 0.1) is 6.92 Å². The van der Waals surface area contributed by atoms with Crippen molar-refractivity contribution in [2.24, 2.45) is 4.99 Å². The van der Waals surface area contributed by atoms with E-state index in [1.807, 2.05) is 6.92 Å². The number of aromatic nitrogens is 2. The molecule has 0 atom stereocenters. The molecule has 1 aliphatic rings. The zero-order chi connectivity index (χ0) is 16.7. The summed E-state index contributed by atoms with van der Waals surface area (Å²) in [5.74, 6) is 1.90. The van der Waals surface area contributed by atoms with E-state index in [2.05, 4.69) is 44.5 Å². The molecule has 0 spiro atoms. The first-order valence-corrected chi connectivity index (χ1v) is 8.15. The van der Waals surface area contributed by atoms with Crippen LogP contribution in [0.1, 0.15) is 32.5 Å². The second-order valence-electron chi connectivity index (χ2n) is 6.20. The van der Waals surface area contributed by atoms with Crippen LogP contribution in [-0.4, -0.2) is 65.9 Å². The first kappa shape index (κ1) is 17.7. The Morgan fingerprint density at radius 1 is 1.30 bits per heavy atom. The number of morpholine rings is 1. The highest BCUT2D eigenvalue weighted by Crippen LogP contribution is 2.15. The zero-order valence-electron chi connectivity index (χ0n) is 14.6. The molecular formula is C15H28N6O2. The minimum atomic E-state index is 0.0288. The molecule has 0 aliphatic carbocycles. The molecule has 0 saturated carbocycles. The van der Waals surface area contributed by atoms with E-state index in [0.717, 1.165) is 45.4 Å². The SMILES string of the molecule is CCNC(=NCc1nc(C)no1)NCC(C)(C)N1CCOCC1. The number of nitrogens with zero attached hydrogens (tertiary/aromatic N) is 4. The summed E-state index contributed by atoms with van der Waals surface area (Å²) in [6, 6.07) is 0. The van der Waals surface area contributed by atoms with Gasteiger partial charge in [0.25, 0.3) is 0 Å². The summed E-state index contributed by atoms with van der Waals surface area (Å²) in [5, 5.41) is 10.4. The third-order valence-electron chi connectivity index (χ3n) is 3.84. The van der Waals surface area contributed by atoms with Crippen LogP contribution in [0.3, 0.4) is 0 Å². The van der Waals surface area contributed by atoms with Gasteiger partial charge in [-0.2, -0.15) is 4.98 Å². The van der Waals surface area contributed by atoms with Crippen molar-refractivity contribution < 1.29 is 9.26 Å². The average molecular weight is 324 g/mol. The number of aryl methyl sites for hydroxylation is 1. The molecule has 8 nitrogen and oxygen atoms in total. The maximum absolute atomic E-state index is 5.43. The van der Waals surface area contributed by atoms with Crippen LogP contribution >= 0.6 is 0 Å². The highest BCUT2D eigenvalue weighted by Gasteiger charge is 2.28. The number of nitrogens with one attached hydrogen (secondary N) is 2. The van der Waals surface area contributed by atoms with Crippen LogP contribution in [0.25, 0.3) is 0 Å². The van der Waals surface area contributed by atoms with E-state index in [1.165, 1.54) is 0 Å². The number of ether oxygens (including phenoxy) is 1. The van der Waals surface area contributed by atoms with Gasteiger partial charge in [-0.1, -0.05) is 5.16 Å². The third-order valence-corrected chi connectivity index (χ3v) is 3.84. The lowest BCUT2D eigenvalue weighted by atomic mass is 10.0. The molecule has 1 fully saturated rings. The monoisotopic (exact) mass is 324 g/mol. The van der Waals surface area contributed by atoms with Crippen molar-refractivity contribution in [2.45, 2.75) is 39.8 Å². The molecule has 8 heteroatoms. The lowest BCUT2D eigenvalue weighted by Crippen LogP contribution is -2.56. The van der Waals surface area contributed by atoms with Crippen LogP contribution in [0.2, 0.25) is 0 Å². The maximum Gasteiger partial charge on any atom is 0.248 e. The van der Waals surface area contributed by atoms with Gasteiger partial charge in [0.05, 0.1) is 13.2 Å². The molecular weight excluding hydrogens is 296 g/mol. The number of hydrogen-bond acceptors (Lipinski definition) is 6. The van der Waals surface area contributed by atoms with Crippen molar-refractivity contribution in [2.75, 3.05) is 39.4 Å². The van der Waals surface area contributed by atoms with Gasteiger partial charge in [0, 0.05) is 31.7 Å². The molecule has 0 bridgehead atoms. The topological polar surface area (TPSA) is 87.8 Å². The Balaban J connectivity index is 1.90. The molecule has 0 amide bonds. The number of hydrogen-bond donors (Lipinski definition) is 2. The minimum Gasteiger partial charge on any atom is -0.379 e. The maximum atomic E-state index is 5.43. The van der Waals surface area contributed by atoms with Crippen LogP contribution in [0.15, 0.2) is 9.52 Å². The number of guanidine groups is 1. The summed E-state index contributed by atoms with van der Waals surface area (Å²) >= 11 is 0. The molecule has 1 aromatic rings. The third kappa shape index (κ3) is 5.47. The Labute approximate surface area is 137 Å². The average Bonchev–Trinajstić information content (AvgIpc) is 2.96. The molecule has 2 N–H and O–H groups in total. The standard InChI is InChI=1S/C15H28N6O2/c1-5-16-14(17-10-13-19-12(2)20-23-13)18-11-15(3,4)21-6-8-22-9-7-21/h5-11H2,1-4H3,(H2,16,17,18). The second-order valence-corrected chi connectivity index (χ2v) is 6.20. The van der Waals surface area contributed by atoms with Crippen molar-refractivity contribution in [3.8, 4) is 0 Å². The molecule has 1 aliphatic heterocycles. The van der Waals surface area contributed by atoms with E-state index < -0.39 is 0 Å². The van der Waals surface area contributed by atoms with Gasteiger partial charge in [-0.25, -0.2) is 4.99 Å². The van der Waals surface area contributed by atoms with Crippen molar-refractivity contribution >= 4 is 5.96 Å². The molecule has 2 rings (SSSR count). The first-order chi connectivity index (χ1) is 11.0. The Kier molecular flexibility index (Phi) is 6.35. The van der Waals surface area contributed by atoms with E-state index in [4.69, 9.17) is 9.26 Å². The fourth-order valence-corrected chi connectivity index (χ4v) is 2.47. The van der Waals surface area contributed by atoms with Crippen LogP contribution < -0.4 is 10.6 Å². The quantitative estimate of drug-likeness (QED) is 0.583. The summed E-state index contributed by atoms with van der Waals surface area (Å²) in [4.78, 5) is 11.1. The predicted molar refractivity (Wildman–Crippen MR) is 88.3 cm³/mol. The Morgan fingerprint density at radius 2 is 2.04 bits per heavy atom. The summed E-state index contributed by atoms with van der Waals surface area (Å²) in [7, 11) is 0. The highest BCUT2D eigenvalue weighted by atomic mass is 16.5. The van der Waals surface area contributed by atoms with Gasteiger partial charge < -0.3 is 19.9 Å². The summed E-state index contributed by atoms with van der Waals surface area (Å²) in [6.45, 7) is 13.8. The molecule has 130 valence electrons. The van der Waals surface area contributed by atoms with Gasteiger partial charge in [0.1, 0.15) is 6.54 Å². The molecule has 1 saturated heterocycles. The van der Waals surface area contributed by atoms with Gasteiger partial charge in [-0.15, -0.1) is 0 Å². The Hall–Kier alpha value is -1.67. The highest BCUT2D eigenvalue weighted by molar-refractivity contribution is 5.79. The largest absolute Gasteiger partial charge is 0.379 e. The molecule has 0 aromatic carbocycles. The van der Waals surface area contributed by atoms with E-state index >= 15 is 0 Å². The summed E-state index contributed by atoms with van der Waals surface area (Å²) in [5.41, 5.74) is 0.0288. The van der Waals surface area contributed by atoms with Crippen molar-refractivity contribution in [3.05, 3.63) is 11.7 Å². The zero-order valence-corrected chi connectivity index (χ0v) is 14.6. The molecule has 23 heavy (non-hydrogen) atoms. The second kappa shape index (κ2) is 8.26. The lowest BCUT2D eigenvalue weighted by Gasteiger charge is -2.41. The van der Waals surface area contributed by atoms with Gasteiger partial charge in [-0.05, 0) is 27.7 Å². The molecule has 2 heterocycles. The number of rotatable bonds is 6. The van der Waals surface area contributed by atoms with Crippen molar-refractivity contribution in [1.29, 1.82) is 0 Å². The van der Waals surface area contributed by atoms with E-state index in [0.29, 0.717) is 18.3 Å². The van der Waals surface area contributed by atoms with Gasteiger partial charge >= 0.3 is 0 Å². The lowest BCUT2D eigenvalue weighted by molar-refractivity contribution is -0.00834. The molecule has 0 radical (unpaired) electrons. The molecule has 0 unspecified atom stereocenters. The summed E-state index contributed by atoms with van der Waals surface area (Å²) < 4.78 is 10.5. The van der Waals surface area contributed by atoms with E-state index in [-0.39, 0.29) is 5.54 Å². The first-order valence-electron chi connectivity index (χ1n) is 8.15. The summed E-state index contributed by atoms with van der Waals surface area (Å²) in [6.07, 6.45) is 0. The minimum absolute atomic E-state index is 0.0288. The van der Waals surface area contributed by atoms with Gasteiger partial charge in [-0.3, -0.25) is 4.90 Å². The fourth-order valence-electron chi connectivity index (χ4n) is 2.47. The van der Waals surface area contributed by atoms with Crippen molar-refractivity contribution in [1.82, 2.24) is 25.7 Å². The smallest absolute Gasteiger partial charge is 0.248 e. The Bertz CT molecular complexity index is 508. The van der Waals surface area contributed by atoms with Gasteiger partial charge in [0.15, 0.2) is 11.8 Å². The fraction of sp³-hybridized carbons (Fsp3) is 0.800. The van der Waals surface area contributed by atoms with Crippen molar-refractivity contribution in [3.63, 3.8) is 0 Å².